The van der Waals surface area contributed by atoms with Gasteiger partial charge in [0.05, 0.1) is 6.42 Å². The molecule has 0 bridgehead atoms. The average molecular weight is 554 g/mol. The zero-order chi connectivity index (χ0) is 28.5. The van der Waals surface area contributed by atoms with Crippen molar-refractivity contribution < 1.29 is 29.0 Å². The van der Waals surface area contributed by atoms with Gasteiger partial charge in [0.25, 0.3) is 0 Å². The van der Waals surface area contributed by atoms with Crippen LogP contribution in [-0.2, 0) is 23.9 Å². The zero-order valence-corrected chi connectivity index (χ0v) is 24.4. The first kappa shape index (κ1) is 29.2. The van der Waals surface area contributed by atoms with Gasteiger partial charge in [-0.15, -0.1) is 0 Å². The molecule has 2 N–H and O–H groups in total. The van der Waals surface area contributed by atoms with Crippen LogP contribution in [0.25, 0.3) is 0 Å². The first-order valence-electron chi connectivity index (χ1n) is 15.7. The third-order valence-corrected chi connectivity index (χ3v) is 11.6. The molecule has 5 aliphatic carbocycles. The number of aliphatic hydroxyl groups is 1. The van der Waals surface area contributed by atoms with Crippen LogP contribution in [0.4, 0.5) is 0 Å². The van der Waals surface area contributed by atoms with Gasteiger partial charge in [-0.3, -0.25) is 19.2 Å². The predicted molar refractivity (Wildman–Crippen MR) is 151 cm³/mol. The van der Waals surface area contributed by atoms with E-state index in [0.29, 0.717) is 31.2 Å². The number of carbonyl (C=O) groups is 4. The van der Waals surface area contributed by atoms with E-state index in [1.54, 1.807) is 0 Å². The summed E-state index contributed by atoms with van der Waals surface area (Å²) in [7, 11) is 0. The number of carbonyl (C=O) groups excluding carboxylic acids is 4. The van der Waals surface area contributed by atoms with Crippen LogP contribution in [-0.4, -0.2) is 47.3 Å². The molecule has 1 amide bonds. The molecule has 0 unspecified atom stereocenters. The van der Waals surface area contributed by atoms with Crippen molar-refractivity contribution in [1.29, 1.82) is 0 Å². The number of nitrogens with one attached hydrogen (secondary N) is 1. The number of hydrogen-bond acceptors (Lipinski definition) is 6. The number of fused-ring (bicyclic) bond motifs is 5. The molecular weight excluding hydrogens is 506 g/mol. The normalized spacial score (nSPS) is 36.9. The molecular formula is C33H47NO6. The second-order valence-electron chi connectivity index (χ2n) is 13.6. The molecule has 0 aliphatic heterocycles. The number of ketones is 2. The fourth-order valence-corrected chi connectivity index (χ4v) is 9.17. The van der Waals surface area contributed by atoms with Gasteiger partial charge in [-0.25, -0.2) is 0 Å². The van der Waals surface area contributed by atoms with Crippen molar-refractivity contribution in [2.75, 3.05) is 13.2 Å². The van der Waals surface area contributed by atoms with Crippen molar-refractivity contribution in [3.63, 3.8) is 0 Å². The Bertz CT molecular complexity index is 1110. The predicted octanol–water partition coefficient (Wildman–Crippen LogP) is 5.15. The highest BCUT2D eigenvalue weighted by Crippen LogP contribution is 2.67. The van der Waals surface area contributed by atoms with E-state index in [-0.39, 0.29) is 35.9 Å². The monoisotopic (exact) mass is 553 g/mol. The molecule has 0 radical (unpaired) electrons. The number of hydrogen-bond donors (Lipinski definition) is 2. The molecule has 0 heterocycles. The van der Waals surface area contributed by atoms with E-state index >= 15 is 0 Å². The van der Waals surface area contributed by atoms with Crippen molar-refractivity contribution in [1.82, 2.24) is 5.32 Å². The molecule has 40 heavy (non-hydrogen) atoms. The van der Waals surface area contributed by atoms with Crippen LogP contribution in [0.5, 0.6) is 0 Å². The van der Waals surface area contributed by atoms with Crippen LogP contribution in [0.1, 0.15) is 110 Å². The third-order valence-electron chi connectivity index (χ3n) is 11.6. The Balaban J connectivity index is 1.11. The summed E-state index contributed by atoms with van der Waals surface area (Å²) in [5.74, 6) is 0.181. The van der Waals surface area contributed by atoms with Crippen LogP contribution in [0.15, 0.2) is 23.3 Å². The van der Waals surface area contributed by atoms with Gasteiger partial charge >= 0.3 is 5.97 Å². The lowest BCUT2D eigenvalue weighted by molar-refractivity contribution is -0.170. The minimum absolute atomic E-state index is 0.0278. The Labute approximate surface area is 238 Å². The summed E-state index contributed by atoms with van der Waals surface area (Å²) in [6, 6.07) is 0. The molecule has 0 aromatic rings. The molecule has 7 nitrogen and oxygen atoms in total. The average Bonchev–Trinajstić information content (AvgIpc) is 3.23. The van der Waals surface area contributed by atoms with Gasteiger partial charge in [0, 0.05) is 24.8 Å². The highest BCUT2D eigenvalue weighted by atomic mass is 16.5. The van der Waals surface area contributed by atoms with E-state index in [2.05, 4.69) is 25.2 Å². The summed E-state index contributed by atoms with van der Waals surface area (Å²) in [4.78, 5) is 50.0. The first-order valence-corrected chi connectivity index (χ1v) is 15.7. The van der Waals surface area contributed by atoms with Gasteiger partial charge in [0.2, 0.25) is 11.7 Å². The highest BCUT2D eigenvalue weighted by molar-refractivity contribution is 5.92. The van der Waals surface area contributed by atoms with Crippen molar-refractivity contribution in [3.05, 3.63) is 23.3 Å². The quantitative estimate of drug-likeness (QED) is 0.302. The Morgan fingerprint density at radius 1 is 1.00 bits per heavy atom. The van der Waals surface area contributed by atoms with Gasteiger partial charge in [-0.05, 0) is 106 Å². The topological polar surface area (TPSA) is 110 Å². The van der Waals surface area contributed by atoms with E-state index in [1.165, 1.54) is 24.0 Å². The van der Waals surface area contributed by atoms with E-state index in [0.717, 1.165) is 57.8 Å². The lowest BCUT2D eigenvalue weighted by atomic mass is 9.46. The second kappa shape index (κ2) is 11.5. The maximum absolute atomic E-state index is 13.4. The Hall–Kier alpha value is -2.28. The summed E-state index contributed by atoms with van der Waals surface area (Å²) in [6.45, 7) is 4.51. The molecule has 0 spiro atoms. The molecule has 3 saturated carbocycles. The minimum Gasteiger partial charge on any atom is -0.458 e. The maximum Gasteiger partial charge on any atom is 0.306 e. The van der Waals surface area contributed by atoms with Crippen LogP contribution in [0.2, 0.25) is 0 Å². The third kappa shape index (κ3) is 5.35. The Kier molecular flexibility index (Phi) is 8.43. The highest BCUT2D eigenvalue weighted by Gasteiger charge is 2.66. The zero-order valence-electron chi connectivity index (χ0n) is 24.4. The molecule has 0 aromatic carbocycles. The molecule has 5 rings (SSSR count). The fraction of sp³-hybridized carbons (Fsp3) is 0.758. The summed E-state index contributed by atoms with van der Waals surface area (Å²) in [5.41, 5.74) is 0.683. The lowest BCUT2D eigenvalue weighted by Crippen LogP contribution is -2.58. The van der Waals surface area contributed by atoms with Gasteiger partial charge in [0.15, 0.2) is 12.4 Å². The number of amides is 1. The van der Waals surface area contributed by atoms with Crippen LogP contribution >= 0.6 is 0 Å². The second-order valence-corrected chi connectivity index (χ2v) is 13.6. The molecule has 220 valence electrons. The molecule has 3 fully saturated rings. The summed E-state index contributed by atoms with van der Waals surface area (Å²) < 4.78 is 5.28. The van der Waals surface area contributed by atoms with Crippen LogP contribution in [0.3, 0.4) is 0 Å². The Morgan fingerprint density at radius 2 is 1.80 bits per heavy atom. The lowest BCUT2D eigenvalue weighted by Gasteiger charge is -2.58. The standard InChI is InChI=1S/C33H47NO6/c1-31-16-12-24(35)20-23(31)8-9-25-26(31)13-17-32(2)27(25)14-18-33(32,39)28(36)21-40-30(38)11-10-29(37)34-19-15-22-6-4-3-5-7-22/h6,20,25-27,39H,3-5,7-19,21H2,1-2H3,(H,34,37)/t25-,26-,27+,31-,32-,33-/m0/s1. The largest absolute Gasteiger partial charge is 0.458 e. The smallest absolute Gasteiger partial charge is 0.306 e. The van der Waals surface area contributed by atoms with Gasteiger partial charge in [-0.1, -0.05) is 31.1 Å². The van der Waals surface area contributed by atoms with Crippen molar-refractivity contribution >= 4 is 23.4 Å². The SMILES string of the molecule is C[C@]12CCC(=O)C=C1CC[C@@H]1[C@H]3CC[C@](O)(C(=O)COC(=O)CCC(=O)NCCC4=CCCCC4)[C@@]3(C)CC[C@@H]12. The van der Waals surface area contributed by atoms with Crippen molar-refractivity contribution in [3.8, 4) is 0 Å². The Morgan fingerprint density at radius 3 is 2.58 bits per heavy atom. The maximum atomic E-state index is 13.4. The molecule has 0 saturated heterocycles. The molecule has 5 aliphatic rings. The summed E-state index contributed by atoms with van der Waals surface area (Å²) in [6.07, 6.45) is 15.9. The summed E-state index contributed by atoms with van der Waals surface area (Å²) >= 11 is 0. The van der Waals surface area contributed by atoms with E-state index in [1.807, 2.05) is 6.08 Å². The van der Waals surface area contributed by atoms with E-state index in [9.17, 15) is 24.3 Å². The summed E-state index contributed by atoms with van der Waals surface area (Å²) in [5, 5.41) is 14.7. The van der Waals surface area contributed by atoms with Crippen molar-refractivity contribution in [2.45, 2.75) is 116 Å². The minimum atomic E-state index is -1.51. The van der Waals surface area contributed by atoms with Gasteiger partial charge in [0.1, 0.15) is 5.60 Å². The number of Topliss-reactive ketones (excluding diaryl/α,β-unsaturated/α-hetero) is 1. The molecule has 7 heteroatoms. The van der Waals surface area contributed by atoms with Crippen molar-refractivity contribution in [2.24, 2.45) is 28.6 Å². The number of ether oxygens (including phenoxy) is 1. The van der Waals surface area contributed by atoms with Gasteiger partial charge < -0.3 is 15.2 Å². The van der Waals surface area contributed by atoms with E-state index < -0.39 is 29.4 Å². The number of rotatable bonds is 9. The first-order chi connectivity index (χ1) is 19.1. The van der Waals surface area contributed by atoms with Crippen LogP contribution < -0.4 is 5.32 Å². The molecule has 6 atom stereocenters. The molecule has 0 aromatic heterocycles. The van der Waals surface area contributed by atoms with Crippen LogP contribution in [0, 0.1) is 28.6 Å². The van der Waals surface area contributed by atoms with Gasteiger partial charge in [-0.2, -0.15) is 0 Å². The number of allylic oxidation sites excluding steroid dienone is 2. The number of esters is 1. The van der Waals surface area contributed by atoms with E-state index in [4.69, 9.17) is 4.74 Å². The fourth-order valence-electron chi connectivity index (χ4n) is 9.17.